The number of benzene rings is 1. The van der Waals surface area contributed by atoms with Crippen LogP contribution < -0.4 is 4.74 Å². The van der Waals surface area contributed by atoms with Gasteiger partial charge in [0.25, 0.3) is 0 Å². The Bertz CT molecular complexity index is 416. The van der Waals surface area contributed by atoms with Crippen molar-refractivity contribution in [2.45, 2.75) is 19.3 Å². The number of nitrogens with zero attached hydrogens (tertiary/aromatic N) is 1. The highest BCUT2D eigenvalue weighted by atomic mass is 16.5. The van der Waals surface area contributed by atoms with Gasteiger partial charge in [-0.05, 0) is 18.6 Å². The van der Waals surface area contributed by atoms with Gasteiger partial charge in [0.05, 0.1) is 19.6 Å². The van der Waals surface area contributed by atoms with Crippen LogP contribution in [0.4, 0.5) is 0 Å². The van der Waals surface area contributed by atoms with Crippen LogP contribution in [0, 0.1) is 0 Å². The Labute approximate surface area is 107 Å². The number of hydrogen-bond acceptors (Lipinski definition) is 3. The molecule has 1 fully saturated rings. The number of ether oxygens (including phenoxy) is 1. The molecular weight excluding hydrogens is 230 g/mol. The van der Waals surface area contributed by atoms with Crippen LogP contribution in [-0.2, 0) is 9.59 Å². The molecule has 1 aromatic rings. The zero-order valence-corrected chi connectivity index (χ0v) is 10.3. The maximum absolute atomic E-state index is 11.8. The number of hydrogen-bond donors (Lipinski definition) is 0. The molecule has 0 N–H and O–H groups in total. The lowest BCUT2D eigenvalue weighted by molar-refractivity contribution is -0.137. The highest BCUT2D eigenvalue weighted by Crippen LogP contribution is 2.10. The van der Waals surface area contributed by atoms with Crippen molar-refractivity contribution in [1.82, 2.24) is 4.90 Å². The van der Waals surface area contributed by atoms with Crippen LogP contribution in [0.2, 0.25) is 0 Å². The lowest BCUT2D eigenvalue weighted by Gasteiger charge is -2.25. The van der Waals surface area contributed by atoms with Crippen LogP contribution in [-0.4, -0.2) is 36.3 Å². The molecule has 1 aliphatic rings. The van der Waals surface area contributed by atoms with E-state index in [9.17, 15) is 9.59 Å². The van der Waals surface area contributed by atoms with E-state index in [2.05, 4.69) is 0 Å². The van der Waals surface area contributed by atoms with Crippen LogP contribution in [0.3, 0.4) is 0 Å². The number of carbonyl (C=O) groups excluding carboxylic acids is 2. The average molecular weight is 247 g/mol. The summed E-state index contributed by atoms with van der Waals surface area (Å²) >= 11 is 0. The third kappa shape index (κ3) is 3.58. The second kappa shape index (κ2) is 6.19. The van der Waals surface area contributed by atoms with Gasteiger partial charge >= 0.3 is 0 Å². The molecule has 18 heavy (non-hydrogen) atoms. The number of ketones is 1. The molecule has 1 amide bonds. The molecule has 4 heteroatoms. The molecule has 0 aliphatic carbocycles. The SMILES string of the molecule is O=C1CCCN(C(=O)CCOc2ccccc2)C1. The number of rotatable bonds is 4. The first-order chi connectivity index (χ1) is 8.75. The van der Waals surface area contributed by atoms with Crippen LogP contribution >= 0.6 is 0 Å². The molecule has 1 aliphatic heterocycles. The highest BCUT2D eigenvalue weighted by Gasteiger charge is 2.20. The quantitative estimate of drug-likeness (QED) is 0.812. The molecule has 0 spiro atoms. The number of Topliss-reactive ketones (excluding diaryl/α,β-unsaturated/α-hetero) is 1. The van der Waals surface area contributed by atoms with Gasteiger partial charge in [0, 0.05) is 13.0 Å². The third-order valence-corrected chi connectivity index (χ3v) is 2.93. The fraction of sp³-hybridized carbons (Fsp3) is 0.429. The van der Waals surface area contributed by atoms with E-state index in [-0.39, 0.29) is 18.2 Å². The second-order valence-corrected chi connectivity index (χ2v) is 4.37. The Morgan fingerprint density at radius 3 is 2.78 bits per heavy atom. The van der Waals surface area contributed by atoms with Crippen molar-refractivity contribution in [2.75, 3.05) is 19.7 Å². The summed E-state index contributed by atoms with van der Waals surface area (Å²) in [5.74, 6) is 0.914. The Hall–Kier alpha value is -1.84. The van der Waals surface area contributed by atoms with Gasteiger partial charge in [-0.1, -0.05) is 18.2 Å². The Balaban J connectivity index is 1.73. The molecule has 2 rings (SSSR count). The molecule has 0 atom stereocenters. The number of carbonyl (C=O) groups is 2. The molecule has 0 unspecified atom stereocenters. The smallest absolute Gasteiger partial charge is 0.226 e. The topological polar surface area (TPSA) is 46.6 Å². The van der Waals surface area contributed by atoms with E-state index in [1.165, 1.54) is 0 Å². The monoisotopic (exact) mass is 247 g/mol. The zero-order valence-electron chi connectivity index (χ0n) is 10.3. The number of likely N-dealkylation sites (tertiary alicyclic amines) is 1. The van der Waals surface area contributed by atoms with Gasteiger partial charge < -0.3 is 9.64 Å². The van der Waals surface area contributed by atoms with Crippen molar-refractivity contribution in [3.05, 3.63) is 30.3 Å². The first-order valence-corrected chi connectivity index (χ1v) is 6.23. The Morgan fingerprint density at radius 2 is 2.06 bits per heavy atom. The Morgan fingerprint density at radius 1 is 1.28 bits per heavy atom. The predicted octanol–water partition coefficient (Wildman–Crippen LogP) is 1.65. The van der Waals surface area contributed by atoms with E-state index < -0.39 is 0 Å². The standard InChI is InChI=1S/C14H17NO3/c16-12-5-4-9-15(11-12)14(17)8-10-18-13-6-2-1-3-7-13/h1-3,6-7H,4-5,8-11H2. The molecule has 0 bridgehead atoms. The molecule has 0 aromatic heterocycles. The van der Waals surface area contributed by atoms with E-state index in [1.807, 2.05) is 30.3 Å². The van der Waals surface area contributed by atoms with E-state index in [0.717, 1.165) is 12.2 Å². The lowest BCUT2D eigenvalue weighted by Crippen LogP contribution is -2.40. The molecule has 1 heterocycles. The minimum atomic E-state index is -0.000943. The molecule has 0 saturated carbocycles. The zero-order chi connectivity index (χ0) is 12.8. The van der Waals surface area contributed by atoms with Crippen molar-refractivity contribution >= 4 is 11.7 Å². The largest absolute Gasteiger partial charge is 0.493 e. The van der Waals surface area contributed by atoms with Gasteiger partial charge in [0.2, 0.25) is 5.91 Å². The average Bonchev–Trinajstić information content (AvgIpc) is 2.40. The van der Waals surface area contributed by atoms with Gasteiger partial charge in [0.1, 0.15) is 5.75 Å². The molecule has 4 nitrogen and oxygen atoms in total. The molecule has 1 aromatic carbocycles. The van der Waals surface area contributed by atoms with Gasteiger partial charge in [-0.2, -0.15) is 0 Å². The lowest BCUT2D eigenvalue weighted by atomic mass is 10.1. The van der Waals surface area contributed by atoms with Gasteiger partial charge in [-0.25, -0.2) is 0 Å². The first kappa shape index (κ1) is 12.6. The van der Waals surface area contributed by atoms with E-state index in [0.29, 0.717) is 26.0 Å². The highest BCUT2D eigenvalue weighted by molar-refractivity contribution is 5.87. The summed E-state index contributed by atoms with van der Waals surface area (Å²) in [4.78, 5) is 24.7. The first-order valence-electron chi connectivity index (χ1n) is 6.23. The van der Waals surface area contributed by atoms with Crippen molar-refractivity contribution < 1.29 is 14.3 Å². The van der Waals surface area contributed by atoms with Crippen LogP contribution in [0.1, 0.15) is 19.3 Å². The van der Waals surface area contributed by atoms with Crippen molar-refractivity contribution in [2.24, 2.45) is 0 Å². The van der Waals surface area contributed by atoms with E-state index in [1.54, 1.807) is 4.90 Å². The van der Waals surface area contributed by atoms with Gasteiger partial charge in [0.15, 0.2) is 5.78 Å². The van der Waals surface area contributed by atoms with E-state index >= 15 is 0 Å². The summed E-state index contributed by atoms with van der Waals surface area (Å²) in [7, 11) is 0. The van der Waals surface area contributed by atoms with Crippen LogP contribution in [0.25, 0.3) is 0 Å². The number of piperidine rings is 1. The maximum Gasteiger partial charge on any atom is 0.226 e. The third-order valence-electron chi connectivity index (χ3n) is 2.93. The predicted molar refractivity (Wildman–Crippen MR) is 67.4 cm³/mol. The summed E-state index contributed by atoms with van der Waals surface area (Å²) in [6, 6.07) is 9.40. The molecule has 1 saturated heterocycles. The second-order valence-electron chi connectivity index (χ2n) is 4.37. The summed E-state index contributed by atoms with van der Waals surface area (Å²) in [6.45, 7) is 1.31. The fourth-order valence-corrected chi connectivity index (χ4v) is 1.98. The summed E-state index contributed by atoms with van der Waals surface area (Å²) in [6.07, 6.45) is 1.70. The Kier molecular flexibility index (Phi) is 4.34. The van der Waals surface area contributed by atoms with Crippen molar-refractivity contribution in [3.63, 3.8) is 0 Å². The summed E-state index contributed by atoms with van der Waals surface area (Å²) < 4.78 is 5.46. The number of amides is 1. The molecular formula is C14H17NO3. The summed E-state index contributed by atoms with van der Waals surface area (Å²) in [5, 5.41) is 0. The summed E-state index contributed by atoms with van der Waals surface area (Å²) in [5.41, 5.74) is 0. The van der Waals surface area contributed by atoms with Crippen LogP contribution in [0.5, 0.6) is 5.75 Å². The fourth-order valence-electron chi connectivity index (χ4n) is 1.98. The van der Waals surface area contributed by atoms with Crippen molar-refractivity contribution in [3.8, 4) is 5.75 Å². The minimum Gasteiger partial charge on any atom is -0.493 e. The minimum absolute atomic E-state index is 0.000943. The van der Waals surface area contributed by atoms with Crippen molar-refractivity contribution in [1.29, 1.82) is 0 Å². The van der Waals surface area contributed by atoms with E-state index in [4.69, 9.17) is 4.74 Å². The molecule has 96 valence electrons. The van der Waals surface area contributed by atoms with Gasteiger partial charge in [-0.15, -0.1) is 0 Å². The normalized spacial score (nSPS) is 15.6. The van der Waals surface area contributed by atoms with Gasteiger partial charge in [-0.3, -0.25) is 9.59 Å². The molecule has 0 radical (unpaired) electrons. The van der Waals surface area contributed by atoms with Crippen LogP contribution in [0.15, 0.2) is 30.3 Å². The maximum atomic E-state index is 11.8. The number of para-hydroxylation sites is 1.